The largest absolute Gasteiger partial charge is 0.462 e. The van der Waals surface area contributed by atoms with Gasteiger partial charge in [-0.3, -0.25) is 19.1 Å². The Hall–Kier alpha value is -2.17. The molecule has 1 aromatic carbocycles. The molecule has 0 amide bonds. The lowest BCUT2D eigenvalue weighted by Gasteiger charge is -2.23. The van der Waals surface area contributed by atoms with Crippen LogP contribution in [0.1, 0.15) is 33.4 Å². The topological polar surface area (TPSA) is 121 Å². The molecule has 5 atom stereocenters. The Bertz CT molecular complexity index is 1030. The molecule has 3 rings (SSSR count). The van der Waals surface area contributed by atoms with Gasteiger partial charge in [0.05, 0.1) is 18.8 Å². The third kappa shape index (κ3) is 7.41. The molecule has 1 saturated heterocycles. The van der Waals surface area contributed by atoms with Gasteiger partial charge in [0.25, 0.3) is 5.56 Å². The van der Waals surface area contributed by atoms with E-state index in [1.165, 1.54) is 16.8 Å². The summed E-state index contributed by atoms with van der Waals surface area (Å²) >= 11 is 4.54. The summed E-state index contributed by atoms with van der Waals surface area (Å²) in [5, 5.41) is 2.76. The van der Waals surface area contributed by atoms with Gasteiger partial charge >= 0.3 is 20.2 Å². The van der Waals surface area contributed by atoms with E-state index in [9.17, 15) is 14.4 Å². The summed E-state index contributed by atoms with van der Waals surface area (Å²) in [6.07, 6.45) is 0.629. The maximum absolute atomic E-state index is 12.2. The summed E-state index contributed by atoms with van der Waals surface area (Å²) in [4.78, 5) is 37.9. The minimum atomic E-state index is -1.72. The first-order valence-electron chi connectivity index (χ1n) is 10.5. The van der Waals surface area contributed by atoms with Gasteiger partial charge in [-0.1, -0.05) is 18.2 Å². The van der Waals surface area contributed by atoms with Crippen molar-refractivity contribution < 1.29 is 23.3 Å². The average Bonchev–Trinajstić information content (AvgIpc) is 3.12. The van der Waals surface area contributed by atoms with E-state index in [4.69, 9.17) is 18.5 Å². The molecule has 0 bridgehead atoms. The van der Waals surface area contributed by atoms with Crippen LogP contribution in [0.2, 0.25) is 0 Å². The monoisotopic (exact) mass is 497 g/mol. The van der Waals surface area contributed by atoms with E-state index in [-0.39, 0.29) is 24.1 Å². The second-order valence-electron chi connectivity index (χ2n) is 7.76. The fourth-order valence-electron chi connectivity index (χ4n) is 3.08. The number of rotatable bonds is 10. The Morgan fingerprint density at radius 2 is 2.00 bits per heavy atom. The van der Waals surface area contributed by atoms with Gasteiger partial charge in [-0.15, -0.1) is 0 Å². The second-order valence-corrected chi connectivity index (χ2v) is 9.64. The number of esters is 1. The van der Waals surface area contributed by atoms with Crippen molar-refractivity contribution in [1.29, 1.82) is 0 Å². The van der Waals surface area contributed by atoms with Crippen LogP contribution in [0, 0.1) is 0 Å². The smallest absolute Gasteiger partial charge is 0.330 e. The Morgan fingerprint density at radius 3 is 2.67 bits per heavy atom. The van der Waals surface area contributed by atoms with Crippen molar-refractivity contribution in [2.24, 2.45) is 0 Å². The summed E-state index contributed by atoms with van der Waals surface area (Å²) in [5.74, 6) is 0.167. The first kappa shape index (κ1) is 25.5. The van der Waals surface area contributed by atoms with Crippen molar-refractivity contribution >= 4 is 27.1 Å². The van der Waals surface area contributed by atoms with Gasteiger partial charge in [0.15, 0.2) is 0 Å². The molecule has 33 heavy (non-hydrogen) atoms. The van der Waals surface area contributed by atoms with Gasteiger partial charge in [-0.2, -0.15) is 12.6 Å². The van der Waals surface area contributed by atoms with E-state index in [1.807, 2.05) is 18.2 Å². The van der Waals surface area contributed by atoms with Gasteiger partial charge < -0.3 is 18.5 Å². The minimum Gasteiger partial charge on any atom is -0.462 e. The number of H-pyrrole nitrogens is 1. The second kappa shape index (κ2) is 11.8. The molecule has 1 aromatic heterocycles. The normalized spacial score (nSPS) is 22.2. The number of nitrogens with one attached hydrogen (secondary N) is 2. The predicted octanol–water partition coefficient (Wildman–Crippen LogP) is 2.37. The number of nitrogens with zero attached hydrogens (tertiary/aromatic N) is 1. The highest BCUT2D eigenvalue weighted by molar-refractivity contribution is 7.81. The Balaban J connectivity index is 1.64. The lowest BCUT2D eigenvalue weighted by Crippen LogP contribution is -2.35. The number of hydrogen-bond donors (Lipinski definition) is 3. The number of carbonyl (C=O) groups is 1. The number of thiol groups is 1. The zero-order chi connectivity index (χ0) is 24.0. The van der Waals surface area contributed by atoms with Crippen LogP contribution in [0.25, 0.3) is 0 Å². The van der Waals surface area contributed by atoms with Crippen molar-refractivity contribution in [2.45, 2.75) is 56.9 Å². The summed E-state index contributed by atoms with van der Waals surface area (Å²) < 4.78 is 24.4. The van der Waals surface area contributed by atoms with Crippen molar-refractivity contribution in [3.05, 3.63) is 63.4 Å². The molecule has 0 aliphatic carbocycles. The van der Waals surface area contributed by atoms with Crippen molar-refractivity contribution in [2.75, 3.05) is 6.61 Å². The van der Waals surface area contributed by atoms with Crippen molar-refractivity contribution in [3.8, 4) is 5.75 Å². The zero-order valence-electron chi connectivity index (χ0n) is 18.5. The van der Waals surface area contributed by atoms with Crippen LogP contribution in [0.4, 0.5) is 0 Å². The van der Waals surface area contributed by atoms with E-state index >= 15 is 0 Å². The van der Waals surface area contributed by atoms with E-state index in [0.29, 0.717) is 12.2 Å². The third-order valence-corrected chi connectivity index (χ3v) is 6.43. The number of benzene rings is 1. The predicted molar refractivity (Wildman–Crippen MR) is 126 cm³/mol. The lowest BCUT2D eigenvalue weighted by atomic mass is 10.2. The van der Waals surface area contributed by atoms with Gasteiger partial charge in [-0.25, -0.2) is 9.88 Å². The molecule has 180 valence electrons. The zero-order valence-corrected chi connectivity index (χ0v) is 20.3. The first-order valence-corrected chi connectivity index (χ1v) is 12.2. The molecule has 1 aliphatic heterocycles. The van der Waals surface area contributed by atoms with Gasteiger partial charge in [0.1, 0.15) is 18.0 Å². The fraction of sp³-hybridized carbons (Fsp3) is 0.476. The molecule has 0 radical (unpaired) electrons. The molecule has 2 N–H and O–H groups in total. The number of para-hydroxylation sites is 1. The standard InChI is InChI=1S/C21H28N3O7PS/c1-13(2)29-20(26)14(3)23-32(31-15-7-5-4-6-8-15)28-12-16-11-17(33)19(30-16)24-10-9-18(25)22-21(24)27/h4-10,13-14,16-17,19,23,33H,11-12H2,1-3H3,(H,22,25,27)/t14-,16-,17-,19+,32?/m0/s1. The van der Waals surface area contributed by atoms with E-state index in [1.54, 1.807) is 32.9 Å². The van der Waals surface area contributed by atoms with Crippen LogP contribution in [-0.2, 0) is 18.8 Å². The number of aromatic nitrogens is 2. The van der Waals surface area contributed by atoms with Crippen LogP contribution >= 0.6 is 21.2 Å². The molecule has 1 aliphatic rings. The van der Waals surface area contributed by atoms with Crippen LogP contribution in [0.5, 0.6) is 5.75 Å². The van der Waals surface area contributed by atoms with Gasteiger partial charge in [0, 0.05) is 17.5 Å². The molecular weight excluding hydrogens is 469 g/mol. The highest BCUT2D eigenvalue weighted by Crippen LogP contribution is 2.39. The highest BCUT2D eigenvalue weighted by Gasteiger charge is 2.36. The number of aromatic amines is 1. The van der Waals surface area contributed by atoms with Crippen molar-refractivity contribution in [1.82, 2.24) is 14.6 Å². The molecular formula is C21H28N3O7PS. The van der Waals surface area contributed by atoms with Crippen LogP contribution in [0.3, 0.4) is 0 Å². The first-order chi connectivity index (χ1) is 15.7. The molecule has 1 fully saturated rings. The van der Waals surface area contributed by atoms with Crippen LogP contribution in [-0.4, -0.2) is 45.6 Å². The average molecular weight is 498 g/mol. The molecule has 2 aromatic rings. The van der Waals surface area contributed by atoms with E-state index in [2.05, 4.69) is 22.7 Å². The highest BCUT2D eigenvalue weighted by atomic mass is 32.1. The number of carbonyl (C=O) groups excluding carboxylic acids is 1. The molecule has 10 nitrogen and oxygen atoms in total. The number of hydrogen-bond acceptors (Lipinski definition) is 9. The minimum absolute atomic E-state index is 0.142. The van der Waals surface area contributed by atoms with E-state index in [0.717, 1.165) is 0 Å². The maximum Gasteiger partial charge on any atom is 0.330 e. The number of ether oxygens (including phenoxy) is 2. The third-order valence-electron chi connectivity index (χ3n) is 4.60. The van der Waals surface area contributed by atoms with Gasteiger partial charge in [0.2, 0.25) is 0 Å². The Labute approximate surface area is 198 Å². The fourth-order valence-corrected chi connectivity index (χ4v) is 4.74. The Morgan fingerprint density at radius 1 is 1.27 bits per heavy atom. The van der Waals surface area contributed by atoms with E-state index < -0.39 is 38.0 Å². The molecule has 1 unspecified atom stereocenters. The Kier molecular flexibility index (Phi) is 9.10. The maximum atomic E-state index is 12.2. The SMILES string of the molecule is CC(C)OC(=O)[C@H](C)NP(OC[C@@H]1C[C@H](S)[C@H](n2ccc(=O)[nH]c2=O)O1)Oc1ccccc1. The van der Waals surface area contributed by atoms with Crippen LogP contribution < -0.4 is 20.9 Å². The summed E-state index contributed by atoms with van der Waals surface area (Å²) in [6.45, 7) is 5.37. The summed E-state index contributed by atoms with van der Waals surface area (Å²) in [5.41, 5.74) is -1.05. The molecule has 0 saturated carbocycles. The molecule has 12 heteroatoms. The quantitative estimate of drug-likeness (QED) is 0.260. The molecule has 2 heterocycles. The van der Waals surface area contributed by atoms with Crippen molar-refractivity contribution in [3.63, 3.8) is 0 Å². The summed E-state index contributed by atoms with van der Waals surface area (Å²) in [6, 6.07) is 9.69. The molecule has 0 spiro atoms. The van der Waals surface area contributed by atoms with Crippen LogP contribution in [0.15, 0.2) is 52.2 Å². The summed E-state index contributed by atoms with van der Waals surface area (Å²) in [7, 11) is -1.72. The lowest BCUT2D eigenvalue weighted by molar-refractivity contribution is -0.149. The van der Waals surface area contributed by atoms with Gasteiger partial charge in [-0.05, 0) is 39.3 Å².